The highest BCUT2D eigenvalue weighted by atomic mass is 32.2. The second kappa shape index (κ2) is 8.14. The molecule has 0 aliphatic rings. The van der Waals surface area contributed by atoms with Gasteiger partial charge in [-0.1, -0.05) is 29.8 Å². The second-order valence-electron chi connectivity index (χ2n) is 6.15. The van der Waals surface area contributed by atoms with Gasteiger partial charge in [-0.05, 0) is 55.5 Å². The van der Waals surface area contributed by atoms with Crippen LogP contribution in [0.15, 0.2) is 77.7 Å². The van der Waals surface area contributed by atoms with E-state index in [0.29, 0.717) is 22.7 Å². The van der Waals surface area contributed by atoms with E-state index in [-0.39, 0.29) is 10.8 Å². The lowest BCUT2D eigenvalue weighted by Gasteiger charge is -2.12. The summed E-state index contributed by atoms with van der Waals surface area (Å²) in [6, 6.07) is 19.9. The number of carbonyl (C=O) groups excluding carboxylic acids is 1. The van der Waals surface area contributed by atoms with Crippen LogP contribution in [0.2, 0.25) is 0 Å². The zero-order chi connectivity index (χ0) is 20.1. The maximum absolute atomic E-state index is 12.6. The Labute approximate surface area is 164 Å². The summed E-state index contributed by atoms with van der Waals surface area (Å²) in [6.45, 7) is 1.96. The molecule has 3 aromatic carbocycles. The van der Waals surface area contributed by atoms with Gasteiger partial charge in [0.1, 0.15) is 5.75 Å². The fourth-order valence-corrected chi connectivity index (χ4v) is 3.63. The first-order chi connectivity index (χ1) is 13.4. The maximum atomic E-state index is 12.6. The monoisotopic (exact) mass is 396 g/mol. The van der Waals surface area contributed by atoms with Crippen molar-refractivity contribution < 1.29 is 17.9 Å². The first-order valence-electron chi connectivity index (χ1n) is 8.53. The molecule has 0 aromatic heterocycles. The van der Waals surface area contributed by atoms with Gasteiger partial charge in [-0.3, -0.25) is 9.52 Å². The summed E-state index contributed by atoms with van der Waals surface area (Å²) >= 11 is 0. The molecule has 7 heteroatoms. The largest absolute Gasteiger partial charge is 0.495 e. The fourth-order valence-electron chi connectivity index (χ4n) is 2.56. The molecule has 0 unspecified atom stereocenters. The van der Waals surface area contributed by atoms with Crippen LogP contribution in [-0.4, -0.2) is 21.4 Å². The van der Waals surface area contributed by atoms with Gasteiger partial charge < -0.3 is 10.1 Å². The number of sulfonamides is 1. The SMILES string of the molecule is COc1ccccc1NS(=O)(=O)c1ccc(C(=O)Nc2ccc(C)cc2)cc1. The van der Waals surface area contributed by atoms with Crippen LogP contribution in [0.4, 0.5) is 11.4 Å². The minimum Gasteiger partial charge on any atom is -0.495 e. The van der Waals surface area contributed by atoms with Gasteiger partial charge in [0, 0.05) is 11.3 Å². The molecule has 3 aromatic rings. The molecule has 2 N–H and O–H groups in total. The number of benzene rings is 3. The van der Waals surface area contributed by atoms with E-state index in [2.05, 4.69) is 10.0 Å². The van der Waals surface area contributed by atoms with E-state index in [1.54, 1.807) is 24.3 Å². The molecule has 0 saturated heterocycles. The quantitative estimate of drug-likeness (QED) is 0.658. The molecule has 0 bridgehead atoms. The molecule has 6 nitrogen and oxygen atoms in total. The highest BCUT2D eigenvalue weighted by Crippen LogP contribution is 2.26. The molecular formula is C21H20N2O4S. The van der Waals surface area contributed by atoms with Gasteiger partial charge in [0.2, 0.25) is 0 Å². The summed E-state index contributed by atoms with van der Waals surface area (Å²) in [6.07, 6.45) is 0. The average Bonchev–Trinajstić information content (AvgIpc) is 2.70. The Morgan fingerprint density at radius 3 is 2.18 bits per heavy atom. The van der Waals surface area contributed by atoms with Gasteiger partial charge in [-0.15, -0.1) is 0 Å². The maximum Gasteiger partial charge on any atom is 0.262 e. The lowest BCUT2D eigenvalue weighted by Crippen LogP contribution is -2.15. The number of anilines is 2. The standard InChI is InChI=1S/C21H20N2O4S/c1-15-7-11-17(12-8-15)22-21(24)16-9-13-18(14-10-16)28(25,26)23-19-5-3-4-6-20(19)27-2/h3-14,23H,1-2H3,(H,22,24). The van der Waals surface area contributed by atoms with Crippen molar-refractivity contribution in [2.45, 2.75) is 11.8 Å². The Kier molecular flexibility index (Phi) is 5.65. The average molecular weight is 396 g/mol. The fraction of sp³-hybridized carbons (Fsp3) is 0.0952. The predicted molar refractivity (Wildman–Crippen MR) is 109 cm³/mol. The summed E-state index contributed by atoms with van der Waals surface area (Å²) in [5.74, 6) is 0.102. The molecule has 0 aliphatic carbocycles. The molecule has 28 heavy (non-hydrogen) atoms. The van der Waals surface area contributed by atoms with E-state index in [0.717, 1.165) is 5.56 Å². The van der Waals surface area contributed by atoms with Crippen molar-refractivity contribution >= 4 is 27.3 Å². The Bertz CT molecular complexity index is 1080. The molecule has 0 saturated carbocycles. The molecule has 0 fully saturated rings. The van der Waals surface area contributed by atoms with Crippen molar-refractivity contribution in [2.75, 3.05) is 17.1 Å². The number of rotatable bonds is 6. The molecule has 0 aliphatic heterocycles. The van der Waals surface area contributed by atoms with Crippen LogP contribution in [0.3, 0.4) is 0 Å². The highest BCUT2D eigenvalue weighted by Gasteiger charge is 2.17. The van der Waals surface area contributed by atoms with Crippen molar-refractivity contribution in [1.29, 1.82) is 0 Å². The van der Waals surface area contributed by atoms with Crippen LogP contribution in [-0.2, 0) is 10.0 Å². The molecule has 144 valence electrons. The third-order valence-corrected chi connectivity index (χ3v) is 5.47. The number of carbonyl (C=O) groups is 1. The van der Waals surface area contributed by atoms with E-state index in [9.17, 15) is 13.2 Å². The summed E-state index contributed by atoms with van der Waals surface area (Å²) in [5, 5.41) is 2.78. The molecule has 0 spiro atoms. The first kappa shape index (κ1) is 19.4. The Balaban J connectivity index is 1.75. The smallest absolute Gasteiger partial charge is 0.262 e. The number of amides is 1. The van der Waals surface area contributed by atoms with E-state index in [1.165, 1.54) is 31.4 Å². The zero-order valence-corrected chi connectivity index (χ0v) is 16.3. The first-order valence-corrected chi connectivity index (χ1v) is 10.0. The van der Waals surface area contributed by atoms with Crippen LogP contribution in [0.1, 0.15) is 15.9 Å². The van der Waals surface area contributed by atoms with Crippen molar-refractivity contribution in [2.24, 2.45) is 0 Å². The molecule has 0 atom stereocenters. The van der Waals surface area contributed by atoms with Gasteiger partial charge in [0.25, 0.3) is 15.9 Å². The van der Waals surface area contributed by atoms with Crippen molar-refractivity contribution in [3.05, 3.63) is 83.9 Å². The molecule has 0 radical (unpaired) electrons. The minimum atomic E-state index is -3.81. The third kappa shape index (κ3) is 4.50. The Morgan fingerprint density at radius 2 is 1.54 bits per heavy atom. The third-order valence-electron chi connectivity index (χ3n) is 4.09. The summed E-state index contributed by atoms with van der Waals surface area (Å²) in [4.78, 5) is 12.4. The zero-order valence-electron chi connectivity index (χ0n) is 15.5. The van der Waals surface area contributed by atoms with Crippen LogP contribution in [0.25, 0.3) is 0 Å². The van der Waals surface area contributed by atoms with Gasteiger partial charge in [0.15, 0.2) is 0 Å². The van der Waals surface area contributed by atoms with Crippen LogP contribution < -0.4 is 14.8 Å². The Morgan fingerprint density at radius 1 is 0.893 bits per heavy atom. The van der Waals surface area contributed by atoms with Gasteiger partial charge in [-0.25, -0.2) is 8.42 Å². The van der Waals surface area contributed by atoms with E-state index in [4.69, 9.17) is 4.74 Å². The number of ether oxygens (including phenoxy) is 1. The van der Waals surface area contributed by atoms with Crippen molar-refractivity contribution in [3.8, 4) is 5.75 Å². The number of methoxy groups -OCH3 is 1. The van der Waals surface area contributed by atoms with E-state index >= 15 is 0 Å². The number of hydrogen-bond donors (Lipinski definition) is 2. The number of nitrogens with one attached hydrogen (secondary N) is 2. The molecule has 0 heterocycles. The molecular weight excluding hydrogens is 376 g/mol. The lowest BCUT2D eigenvalue weighted by atomic mass is 10.2. The summed E-state index contributed by atoms with van der Waals surface area (Å²) in [5.41, 5.74) is 2.46. The van der Waals surface area contributed by atoms with Crippen molar-refractivity contribution in [1.82, 2.24) is 0 Å². The normalized spacial score (nSPS) is 10.9. The minimum absolute atomic E-state index is 0.0466. The van der Waals surface area contributed by atoms with Crippen molar-refractivity contribution in [3.63, 3.8) is 0 Å². The van der Waals surface area contributed by atoms with Gasteiger partial charge in [0.05, 0.1) is 17.7 Å². The Hall–Kier alpha value is -3.32. The van der Waals surface area contributed by atoms with Gasteiger partial charge in [-0.2, -0.15) is 0 Å². The molecule has 1 amide bonds. The molecule has 3 rings (SSSR count). The lowest BCUT2D eigenvalue weighted by molar-refractivity contribution is 0.102. The highest BCUT2D eigenvalue weighted by molar-refractivity contribution is 7.92. The number of hydrogen-bond acceptors (Lipinski definition) is 4. The second-order valence-corrected chi connectivity index (χ2v) is 7.83. The van der Waals surface area contributed by atoms with Crippen LogP contribution in [0, 0.1) is 6.92 Å². The van der Waals surface area contributed by atoms with Gasteiger partial charge >= 0.3 is 0 Å². The summed E-state index contributed by atoms with van der Waals surface area (Å²) < 4.78 is 32.9. The number of para-hydroxylation sites is 2. The predicted octanol–water partition coefficient (Wildman–Crippen LogP) is 4.06. The summed E-state index contributed by atoms with van der Waals surface area (Å²) in [7, 11) is -2.35. The van der Waals surface area contributed by atoms with Crippen LogP contribution >= 0.6 is 0 Å². The number of aryl methyl sites for hydroxylation is 1. The van der Waals surface area contributed by atoms with E-state index in [1.807, 2.05) is 31.2 Å². The topological polar surface area (TPSA) is 84.5 Å². The van der Waals surface area contributed by atoms with Crippen LogP contribution in [0.5, 0.6) is 5.75 Å². The van der Waals surface area contributed by atoms with E-state index < -0.39 is 10.0 Å².